The molecule has 0 bridgehead atoms. The molecule has 1 saturated heterocycles. The summed E-state index contributed by atoms with van der Waals surface area (Å²) in [7, 11) is 0. The Hall–Kier alpha value is -3.56. The molecule has 2 heterocycles. The second-order valence-electron chi connectivity index (χ2n) is 9.62. The van der Waals surface area contributed by atoms with Gasteiger partial charge in [-0.05, 0) is 43.7 Å². The predicted octanol–water partition coefficient (Wildman–Crippen LogP) is 5.45. The first-order chi connectivity index (χ1) is 18.1. The molecule has 3 aromatic rings. The number of carboxylic acids is 1. The lowest BCUT2D eigenvalue weighted by Gasteiger charge is -2.47. The molecule has 3 amide bonds. The van der Waals surface area contributed by atoms with Crippen LogP contribution in [-0.2, 0) is 22.7 Å². The van der Waals surface area contributed by atoms with E-state index in [0.717, 1.165) is 5.56 Å². The summed E-state index contributed by atoms with van der Waals surface area (Å²) >= 11 is 12.5. The summed E-state index contributed by atoms with van der Waals surface area (Å²) < 4.78 is 1.64. The highest BCUT2D eigenvalue weighted by molar-refractivity contribution is 6.35. The molecule has 1 aromatic heterocycles. The first-order valence-electron chi connectivity index (χ1n) is 12.2. The molecule has 38 heavy (non-hydrogen) atoms. The standard InChI is InChI=1S/C27H29Cl2N5O4/c1-3-34-23(10-11-30-34)31-24(35)13-27(14-25(36)37)16-32(15-19-6-7-20(28)12-22(19)29)26(38)33(17-27)21-8-4-18(2)5-9-21/h4-12H,3,13-17H2,1-2H3,(H,31,35)(H,36,37). The summed E-state index contributed by atoms with van der Waals surface area (Å²) in [5.41, 5.74) is 1.22. The molecule has 1 unspecified atom stereocenters. The number of hydrogen-bond donors (Lipinski definition) is 2. The van der Waals surface area contributed by atoms with E-state index in [1.165, 1.54) is 0 Å². The maximum atomic E-state index is 13.7. The van der Waals surface area contributed by atoms with E-state index in [4.69, 9.17) is 23.2 Å². The minimum Gasteiger partial charge on any atom is -0.481 e. The van der Waals surface area contributed by atoms with E-state index in [0.29, 0.717) is 33.7 Å². The number of carbonyl (C=O) groups is 3. The molecule has 1 aliphatic rings. The van der Waals surface area contributed by atoms with Gasteiger partial charge in [0.1, 0.15) is 5.82 Å². The second-order valence-corrected chi connectivity index (χ2v) is 10.5. The Morgan fingerprint density at radius 2 is 1.82 bits per heavy atom. The van der Waals surface area contributed by atoms with Gasteiger partial charge in [0.25, 0.3) is 0 Å². The second kappa shape index (κ2) is 11.4. The molecular weight excluding hydrogens is 529 g/mol. The van der Waals surface area contributed by atoms with Crippen molar-refractivity contribution in [3.05, 3.63) is 75.9 Å². The molecule has 9 nitrogen and oxygen atoms in total. The number of nitrogens with zero attached hydrogens (tertiary/aromatic N) is 4. The van der Waals surface area contributed by atoms with Crippen molar-refractivity contribution in [3.8, 4) is 0 Å². The zero-order valence-electron chi connectivity index (χ0n) is 21.2. The van der Waals surface area contributed by atoms with Crippen LogP contribution in [0.25, 0.3) is 0 Å². The van der Waals surface area contributed by atoms with E-state index in [9.17, 15) is 19.5 Å². The zero-order valence-corrected chi connectivity index (χ0v) is 22.7. The van der Waals surface area contributed by atoms with Gasteiger partial charge >= 0.3 is 12.0 Å². The minimum absolute atomic E-state index is 0.0555. The van der Waals surface area contributed by atoms with Gasteiger partial charge in [-0.15, -0.1) is 0 Å². The molecule has 11 heteroatoms. The topological polar surface area (TPSA) is 108 Å². The van der Waals surface area contributed by atoms with Crippen LogP contribution >= 0.6 is 23.2 Å². The SMILES string of the molecule is CCn1nccc1NC(=O)CC1(CC(=O)O)CN(Cc2ccc(Cl)cc2Cl)C(=O)N(c2ccc(C)cc2)C1. The number of carboxylic acid groups (broad SMARTS) is 1. The lowest BCUT2D eigenvalue weighted by Crippen LogP contribution is -2.59. The maximum absolute atomic E-state index is 13.7. The Kier molecular flexibility index (Phi) is 8.28. The van der Waals surface area contributed by atoms with Crippen LogP contribution < -0.4 is 10.2 Å². The van der Waals surface area contributed by atoms with E-state index in [-0.39, 0.29) is 44.4 Å². The van der Waals surface area contributed by atoms with Gasteiger partial charge in [-0.2, -0.15) is 5.10 Å². The number of urea groups is 1. The zero-order chi connectivity index (χ0) is 27.4. The first-order valence-corrected chi connectivity index (χ1v) is 13.0. The number of halogens is 2. The molecule has 1 atom stereocenters. The summed E-state index contributed by atoms with van der Waals surface area (Å²) in [4.78, 5) is 42.2. The predicted molar refractivity (Wildman–Crippen MR) is 147 cm³/mol. The van der Waals surface area contributed by atoms with Crippen LogP contribution in [0.1, 0.15) is 30.9 Å². The number of aliphatic carboxylic acids is 1. The van der Waals surface area contributed by atoms with Crippen molar-refractivity contribution in [1.82, 2.24) is 14.7 Å². The molecule has 1 aliphatic heterocycles. The van der Waals surface area contributed by atoms with Crippen molar-refractivity contribution < 1.29 is 19.5 Å². The van der Waals surface area contributed by atoms with Crippen molar-refractivity contribution >= 4 is 52.6 Å². The Bertz CT molecular complexity index is 1340. The fourth-order valence-corrected chi connectivity index (χ4v) is 5.30. The largest absolute Gasteiger partial charge is 0.481 e. The highest BCUT2D eigenvalue weighted by Crippen LogP contribution is 2.38. The molecule has 0 aliphatic carbocycles. The molecule has 0 spiro atoms. The number of benzene rings is 2. The van der Waals surface area contributed by atoms with Crippen LogP contribution in [-0.4, -0.2) is 50.8 Å². The Morgan fingerprint density at radius 1 is 1.08 bits per heavy atom. The molecule has 0 saturated carbocycles. The lowest BCUT2D eigenvalue weighted by atomic mass is 9.78. The van der Waals surface area contributed by atoms with Gasteiger partial charge in [-0.3, -0.25) is 14.5 Å². The Labute approximate surface area is 230 Å². The Balaban J connectivity index is 1.70. The van der Waals surface area contributed by atoms with Crippen molar-refractivity contribution in [3.63, 3.8) is 0 Å². The van der Waals surface area contributed by atoms with Gasteiger partial charge in [0.2, 0.25) is 5.91 Å². The molecule has 2 aromatic carbocycles. The normalized spacial score (nSPS) is 17.5. The third kappa shape index (κ3) is 6.28. The monoisotopic (exact) mass is 557 g/mol. The number of nitrogens with one attached hydrogen (secondary N) is 1. The summed E-state index contributed by atoms with van der Waals surface area (Å²) in [6.07, 6.45) is 1.16. The van der Waals surface area contributed by atoms with Gasteiger partial charge in [-0.25, -0.2) is 9.48 Å². The fraction of sp³-hybridized carbons (Fsp3) is 0.333. The number of hydrogen-bond acceptors (Lipinski definition) is 4. The van der Waals surface area contributed by atoms with Crippen LogP contribution in [0.5, 0.6) is 0 Å². The quantitative estimate of drug-likeness (QED) is 0.363. The number of carbonyl (C=O) groups excluding carboxylic acids is 2. The summed E-state index contributed by atoms with van der Waals surface area (Å²) in [5, 5.41) is 17.8. The van der Waals surface area contributed by atoms with E-state index in [1.54, 1.807) is 44.9 Å². The van der Waals surface area contributed by atoms with Crippen LogP contribution in [0.15, 0.2) is 54.7 Å². The van der Waals surface area contributed by atoms with Crippen molar-refractivity contribution in [1.29, 1.82) is 0 Å². The van der Waals surface area contributed by atoms with Gasteiger partial charge < -0.3 is 15.3 Å². The smallest absolute Gasteiger partial charge is 0.324 e. The van der Waals surface area contributed by atoms with Crippen LogP contribution in [0.2, 0.25) is 10.0 Å². The third-order valence-corrected chi connectivity index (χ3v) is 7.18. The highest BCUT2D eigenvalue weighted by atomic mass is 35.5. The van der Waals surface area contributed by atoms with Crippen molar-refractivity contribution in [2.24, 2.45) is 5.41 Å². The number of aryl methyl sites for hydroxylation is 2. The van der Waals surface area contributed by atoms with Crippen molar-refractivity contribution in [2.75, 3.05) is 23.3 Å². The summed E-state index contributed by atoms with van der Waals surface area (Å²) in [5.74, 6) is -0.890. The molecule has 2 N–H and O–H groups in total. The molecule has 0 radical (unpaired) electrons. The molecule has 1 fully saturated rings. The Morgan fingerprint density at radius 3 is 2.47 bits per heavy atom. The van der Waals surface area contributed by atoms with E-state index in [2.05, 4.69) is 10.4 Å². The van der Waals surface area contributed by atoms with E-state index >= 15 is 0 Å². The van der Waals surface area contributed by atoms with E-state index in [1.807, 2.05) is 38.1 Å². The fourth-order valence-electron chi connectivity index (χ4n) is 4.83. The van der Waals surface area contributed by atoms with Crippen LogP contribution in [0.4, 0.5) is 16.3 Å². The van der Waals surface area contributed by atoms with Crippen molar-refractivity contribution in [2.45, 2.75) is 39.8 Å². The number of rotatable bonds is 9. The first kappa shape index (κ1) is 27.5. The number of anilines is 2. The van der Waals surface area contributed by atoms with Gasteiger partial charge in [0, 0.05) is 59.8 Å². The lowest BCUT2D eigenvalue weighted by molar-refractivity contribution is -0.140. The molecular formula is C27H29Cl2N5O4. The summed E-state index contributed by atoms with van der Waals surface area (Å²) in [6.45, 7) is 4.65. The molecule has 4 rings (SSSR count). The van der Waals surface area contributed by atoms with Crippen LogP contribution in [0, 0.1) is 12.3 Å². The van der Waals surface area contributed by atoms with E-state index < -0.39 is 11.4 Å². The highest BCUT2D eigenvalue weighted by Gasteiger charge is 2.46. The number of amides is 3. The minimum atomic E-state index is -1.08. The average Bonchev–Trinajstić information content (AvgIpc) is 3.30. The third-order valence-electron chi connectivity index (χ3n) is 6.59. The maximum Gasteiger partial charge on any atom is 0.324 e. The van der Waals surface area contributed by atoms with Gasteiger partial charge in [0.15, 0.2) is 0 Å². The van der Waals surface area contributed by atoms with Crippen LogP contribution in [0.3, 0.4) is 0 Å². The molecule has 200 valence electrons. The number of aromatic nitrogens is 2. The average molecular weight is 558 g/mol. The van der Waals surface area contributed by atoms with Gasteiger partial charge in [-0.1, -0.05) is 47.0 Å². The van der Waals surface area contributed by atoms with Gasteiger partial charge in [0.05, 0.1) is 12.6 Å². The summed E-state index contributed by atoms with van der Waals surface area (Å²) in [6, 6.07) is 13.8.